The molecule has 0 saturated heterocycles. The van der Waals surface area contributed by atoms with Crippen LogP contribution < -0.4 is 15.8 Å². The van der Waals surface area contributed by atoms with Crippen molar-refractivity contribution in [3.63, 3.8) is 0 Å². The number of aromatic hydroxyl groups is 1. The van der Waals surface area contributed by atoms with Crippen molar-refractivity contribution in [1.29, 1.82) is 0 Å². The SMILES string of the molecule is CC[C@@H](Sc1nc(N)nc2nc[nH]c12)C(=O)Nc1ccc(O)c(S(=O)(=O)NC)c1. The van der Waals surface area contributed by atoms with Crippen molar-refractivity contribution in [2.24, 2.45) is 0 Å². The van der Waals surface area contributed by atoms with Crippen LogP contribution in [0.15, 0.2) is 34.4 Å². The number of carbonyl (C=O) groups is 1. The fourth-order valence-electron chi connectivity index (χ4n) is 2.50. The third kappa shape index (κ3) is 4.41. The van der Waals surface area contributed by atoms with Crippen molar-refractivity contribution in [3.8, 4) is 5.75 Å². The van der Waals surface area contributed by atoms with Gasteiger partial charge in [0.05, 0.1) is 11.6 Å². The van der Waals surface area contributed by atoms with Crippen molar-refractivity contribution in [3.05, 3.63) is 24.5 Å². The number of sulfonamides is 1. The summed E-state index contributed by atoms with van der Waals surface area (Å²) in [7, 11) is -2.65. The predicted molar refractivity (Wildman–Crippen MR) is 109 cm³/mol. The van der Waals surface area contributed by atoms with Gasteiger partial charge in [-0.15, -0.1) is 0 Å². The zero-order valence-electron chi connectivity index (χ0n) is 15.5. The summed E-state index contributed by atoms with van der Waals surface area (Å²) >= 11 is 1.19. The van der Waals surface area contributed by atoms with Crippen LogP contribution >= 0.6 is 11.8 Å². The van der Waals surface area contributed by atoms with E-state index in [9.17, 15) is 18.3 Å². The van der Waals surface area contributed by atoms with Crippen LogP contribution in [0, 0.1) is 0 Å². The third-order valence-electron chi connectivity index (χ3n) is 3.97. The fraction of sp³-hybridized carbons (Fsp3) is 0.250. The molecule has 3 aromatic rings. The highest BCUT2D eigenvalue weighted by atomic mass is 32.2. The van der Waals surface area contributed by atoms with E-state index in [2.05, 4.69) is 30.0 Å². The molecular formula is C16H19N7O4S2. The Bertz CT molecular complexity index is 1160. The maximum absolute atomic E-state index is 12.8. The van der Waals surface area contributed by atoms with Crippen molar-refractivity contribution >= 4 is 50.5 Å². The van der Waals surface area contributed by atoms with E-state index < -0.39 is 21.0 Å². The number of nitrogens with two attached hydrogens (primary N) is 1. The Kier molecular flexibility index (Phi) is 5.91. The average Bonchev–Trinajstić information content (AvgIpc) is 3.15. The number of nitrogens with zero attached hydrogens (tertiary/aromatic N) is 3. The van der Waals surface area contributed by atoms with E-state index in [4.69, 9.17) is 5.73 Å². The number of imidazole rings is 1. The van der Waals surface area contributed by atoms with Crippen LogP contribution in [-0.2, 0) is 14.8 Å². The van der Waals surface area contributed by atoms with Gasteiger partial charge in [0, 0.05) is 5.69 Å². The molecule has 2 aromatic heterocycles. The Balaban J connectivity index is 1.84. The summed E-state index contributed by atoms with van der Waals surface area (Å²) in [5.74, 6) is -0.736. The number of phenols is 1. The van der Waals surface area contributed by atoms with Gasteiger partial charge in [0.2, 0.25) is 21.9 Å². The van der Waals surface area contributed by atoms with E-state index in [1.54, 1.807) is 0 Å². The summed E-state index contributed by atoms with van der Waals surface area (Å²) in [6.45, 7) is 1.83. The first-order valence-corrected chi connectivity index (χ1v) is 10.8. The highest BCUT2D eigenvalue weighted by Gasteiger charge is 2.23. The van der Waals surface area contributed by atoms with Gasteiger partial charge in [-0.25, -0.2) is 23.1 Å². The number of anilines is 2. The van der Waals surface area contributed by atoms with Gasteiger partial charge < -0.3 is 21.1 Å². The Morgan fingerprint density at radius 1 is 1.38 bits per heavy atom. The van der Waals surface area contributed by atoms with E-state index in [0.717, 1.165) is 0 Å². The number of aromatic nitrogens is 4. The van der Waals surface area contributed by atoms with Gasteiger partial charge in [0.15, 0.2) is 5.65 Å². The summed E-state index contributed by atoms with van der Waals surface area (Å²) in [5, 5.41) is 12.4. The highest BCUT2D eigenvalue weighted by Crippen LogP contribution is 2.31. The first-order chi connectivity index (χ1) is 13.7. The summed E-state index contributed by atoms with van der Waals surface area (Å²) in [6, 6.07) is 3.80. The van der Waals surface area contributed by atoms with Gasteiger partial charge in [0.1, 0.15) is 21.2 Å². The second kappa shape index (κ2) is 8.23. The molecule has 13 heteroatoms. The summed E-state index contributed by atoms with van der Waals surface area (Å²) in [6.07, 6.45) is 1.93. The van der Waals surface area contributed by atoms with E-state index in [1.165, 1.54) is 43.3 Å². The fourth-order valence-corrected chi connectivity index (χ4v) is 4.37. The molecule has 6 N–H and O–H groups in total. The largest absolute Gasteiger partial charge is 0.507 e. The number of phenolic OH excluding ortho intramolecular Hbond substituents is 1. The number of thioether (sulfide) groups is 1. The number of rotatable bonds is 7. The van der Waals surface area contributed by atoms with Gasteiger partial charge in [-0.05, 0) is 31.7 Å². The molecule has 29 heavy (non-hydrogen) atoms. The number of amides is 1. The lowest BCUT2D eigenvalue weighted by Crippen LogP contribution is -2.25. The number of nitrogens with one attached hydrogen (secondary N) is 3. The molecule has 0 fully saturated rings. The molecule has 0 unspecified atom stereocenters. The van der Waals surface area contributed by atoms with Crippen LogP contribution in [0.2, 0.25) is 0 Å². The monoisotopic (exact) mass is 437 g/mol. The quantitative estimate of drug-likeness (QED) is 0.205. The van der Waals surface area contributed by atoms with Gasteiger partial charge in [-0.2, -0.15) is 4.98 Å². The van der Waals surface area contributed by atoms with Crippen LogP contribution in [0.1, 0.15) is 13.3 Å². The predicted octanol–water partition coefficient (Wildman–Crippen LogP) is 1.06. The van der Waals surface area contributed by atoms with E-state index in [1.807, 2.05) is 6.92 Å². The van der Waals surface area contributed by atoms with E-state index in [0.29, 0.717) is 22.6 Å². The third-order valence-corrected chi connectivity index (χ3v) is 6.77. The van der Waals surface area contributed by atoms with Gasteiger partial charge >= 0.3 is 0 Å². The van der Waals surface area contributed by atoms with Crippen LogP contribution in [0.3, 0.4) is 0 Å². The highest BCUT2D eigenvalue weighted by molar-refractivity contribution is 8.00. The molecule has 2 heterocycles. The number of aromatic amines is 1. The van der Waals surface area contributed by atoms with Gasteiger partial charge in [0.25, 0.3) is 0 Å². The first kappa shape index (κ1) is 20.8. The second-order valence-electron chi connectivity index (χ2n) is 5.88. The summed E-state index contributed by atoms with van der Waals surface area (Å²) in [5.41, 5.74) is 6.91. The topological polar surface area (TPSA) is 176 Å². The van der Waals surface area contributed by atoms with Gasteiger partial charge in [-0.1, -0.05) is 18.7 Å². The maximum atomic E-state index is 12.8. The number of fused-ring (bicyclic) bond motifs is 1. The smallest absolute Gasteiger partial charge is 0.244 e. The molecule has 3 rings (SSSR count). The van der Waals surface area contributed by atoms with E-state index in [-0.39, 0.29) is 22.4 Å². The maximum Gasteiger partial charge on any atom is 0.244 e. The molecule has 11 nitrogen and oxygen atoms in total. The molecule has 0 radical (unpaired) electrons. The molecule has 0 aliphatic carbocycles. The lowest BCUT2D eigenvalue weighted by molar-refractivity contribution is -0.115. The minimum atomic E-state index is -3.88. The number of H-pyrrole nitrogens is 1. The average molecular weight is 438 g/mol. The van der Waals surface area contributed by atoms with Crippen molar-refractivity contribution in [1.82, 2.24) is 24.7 Å². The lowest BCUT2D eigenvalue weighted by Gasteiger charge is -2.15. The molecule has 0 aliphatic heterocycles. The van der Waals surface area contributed by atoms with Crippen LogP contribution in [0.5, 0.6) is 5.75 Å². The molecule has 0 bridgehead atoms. The summed E-state index contributed by atoms with van der Waals surface area (Å²) in [4.78, 5) is 27.6. The molecule has 1 amide bonds. The first-order valence-electron chi connectivity index (χ1n) is 8.45. The van der Waals surface area contributed by atoms with Crippen LogP contribution in [0.4, 0.5) is 11.6 Å². The molecule has 154 valence electrons. The van der Waals surface area contributed by atoms with Crippen molar-refractivity contribution in [2.45, 2.75) is 28.5 Å². The zero-order valence-corrected chi connectivity index (χ0v) is 17.1. The van der Waals surface area contributed by atoms with Crippen LogP contribution in [-0.4, -0.2) is 51.7 Å². The normalized spacial score (nSPS) is 12.8. The Labute approximate surface area is 170 Å². The van der Waals surface area contributed by atoms with Crippen molar-refractivity contribution < 1.29 is 18.3 Å². The molecule has 0 aliphatic rings. The Morgan fingerprint density at radius 3 is 2.83 bits per heavy atom. The van der Waals surface area contributed by atoms with E-state index >= 15 is 0 Å². The lowest BCUT2D eigenvalue weighted by atomic mass is 10.2. The number of carbonyl (C=O) groups excluding carboxylic acids is 1. The van der Waals surface area contributed by atoms with Crippen LogP contribution in [0.25, 0.3) is 11.2 Å². The molecule has 0 saturated carbocycles. The number of hydrogen-bond acceptors (Lipinski definition) is 9. The minimum absolute atomic E-state index is 0.0443. The number of benzene rings is 1. The number of hydrogen-bond donors (Lipinski definition) is 5. The molecule has 0 spiro atoms. The zero-order chi connectivity index (χ0) is 21.2. The Morgan fingerprint density at radius 2 is 2.14 bits per heavy atom. The van der Waals surface area contributed by atoms with Gasteiger partial charge in [-0.3, -0.25) is 4.79 Å². The molecule has 1 atom stereocenters. The number of nitrogen functional groups attached to an aromatic ring is 1. The molecule has 1 aromatic carbocycles. The standard InChI is InChI=1S/C16H19N7O4S2/c1-3-10(28-15-12-13(20-7-19-12)22-16(17)23-15)14(25)21-8-4-5-9(24)11(6-8)29(26,27)18-2/h4-7,10,18,24H,3H2,1-2H3,(H,21,25)(H3,17,19,20,22,23)/t10-/m1/s1. The molecular weight excluding hydrogens is 418 g/mol. The van der Waals surface area contributed by atoms with Crippen molar-refractivity contribution in [2.75, 3.05) is 18.1 Å². The Hall–Kier alpha value is -2.90. The summed E-state index contributed by atoms with van der Waals surface area (Å²) < 4.78 is 26.1. The second-order valence-corrected chi connectivity index (χ2v) is 8.93. The minimum Gasteiger partial charge on any atom is -0.507 e.